The Hall–Kier alpha value is -0.310. The van der Waals surface area contributed by atoms with Crippen LogP contribution in [-0.4, -0.2) is 13.0 Å². The van der Waals surface area contributed by atoms with Gasteiger partial charge < -0.3 is 4.74 Å². The predicted octanol–water partition coefficient (Wildman–Crippen LogP) is 2.06. The molecule has 0 fully saturated rings. The van der Waals surface area contributed by atoms with E-state index in [1.54, 1.807) is 13.3 Å². The third kappa shape index (κ3) is 1.82. The molecule has 0 N–H and O–H groups in total. The van der Waals surface area contributed by atoms with Crippen molar-refractivity contribution in [1.29, 1.82) is 0 Å². The minimum absolute atomic E-state index is 0.818. The van der Waals surface area contributed by atoms with E-state index in [9.17, 15) is 0 Å². The van der Waals surface area contributed by atoms with E-state index in [1.807, 2.05) is 0 Å². The van der Waals surface area contributed by atoms with E-state index >= 15 is 0 Å². The van der Waals surface area contributed by atoms with Crippen molar-refractivity contribution >= 4 is 21.8 Å². The molecular formula is C6H8BrNO. The van der Waals surface area contributed by atoms with Gasteiger partial charge in [-0.2, -0.15) is 0 Å². The molecule has 0 aromatic rings. The lowest BCUT2D eigenvalue weighted by Crippen LogP contribution is -2.02. The van der Waals surface area contributed by atoms with Gasteiger partial charge >= 0.3 is 0 Å². The Kier molecular flexibility index (Phi) is 2.28. The molecule has 1 rings (SSSR count). The molecule has 9 heavy (non-hydrogen) atoms. The van der Waals surface area contributed by atoms with E-state index in [1.165, 1.54) is 0 Å². The van der Waals surface area contributed by atoms with Gasteiger partial charge in [0.15, 0.2) is 5.90 Å². The monoisotopic (exact) mass is 189 g/mol. The molecule has 0 bridgehead atoms. The van der Waals surface area contributed by atoms with Crippen LogP contribution in [0.15, 0.2) is 15.7 Å². The smallest absolute Gasteiger partial charge is 0.187 e. The fourth-order valence-corrected chi connectivity index (χ4v) is 0.953. The summed E-state index contributed by atoms with van der Waals surface area (Å²) >= 11 is 3.34. The number of halogens is 1. The van der Waals surface area contributed by atoms with Crippen LogP contribution in [0.4, 0.5) is 0 Å². The van der Waals surface area contributed by atoms with Gasteiger partial charge in [-0.15, -0.1) is 0 Å². The Bertz CT molecular complexity index is 162. The van der Waals surface area contributed by atoms with E-state index in [0.29, 0.717) is 0 Å². The molecule has 0 saturated carbocycles. The van der Waals surface area contributed by atoms with Crippen LogP contribution in [0.5, 0.6) is 0 Å². The van der Waals surface area contributed by atoms with Crippen molar-refractivity contribution < 1.29 is 4.74 Å². The van der Waals surface area contributed by atoms with Crippen LogP contribution in [0.3, 0.4) is 0 Å². The van der Waals surface area contributed by atoms with Crippen molar-refractivity contribution in [2.75, 3.05) is 7.11 Å². The number of aliphatic imine (C=N–C) groups is 1. The maximum absolute atomic E-state index is 4.92. The first kappa shape index (κ1) is 6.81. The average molecular weight is 190 g/mol. The van der Waals surface area contributed by atoms with Crippen LogP contribution in [0.1, 0.15) is 12.8 Å². The van der Waals surface area contributed by atoms with Gasteiger partial charge in [-0.3, -0.25) is 0 Å². The third-order valence-corrected chi connectivity index (χ3v) is 1.76. The SMILES string of the molecule is COC1=NC=C(Br)CC1. The molecule has 0 aromatic heterocycles. The molecule has 3 heteroatoms. The zero-order valence-electron chi connectivity index (χ0n) is 5.22. The summed E-state index contributed by atoms with van der Waals surface area (Å²) < 4.78 is 6.07. The highest BCUT2D eigenvalue weighted by molar-refractivity contribution is 9.11. The summed E-state index contributed by atoms with van der Waals surface area (Å²) in [6.45, 7) is 0. The Morgan fingerprint density at radius 1 is 1.67 bits per heavy atom. The highest BCUT2D eigenvalue weighted by atomic mass is 79.9. The lowest BCUT2D eigenvalue weighted by molar-refractivity contribution is 0.389. The molecule has 0 aromatic carbocycles. The molecule has 0 saturated heterocycles. The Labute approximate surface area is 62.7 Å². The van der Waals surface area contributed by atoms with Gasteiger partial charge in [0.05, 0.1) is 7.11 Å². The highest BCUT2D eigenvalue weighted by Gasteiger charge is 2.03. The Morgan fingerprint density at radius 2 is 2.44 bits per heavy atom. The lowest BCUT2D eigenvalue weighted by Gasteiger charge is -2.06. The largest absolute Gasteiger partial charge is 0.484 e. The van der Waals surface area contributed by atoms with E-state index in [2.05, 4.69) is 20.9 Å². The fraction of sp³-hybridized carbons (Fsp3) is 0.500. The van der Waals surface area contributed by atoms with Crippen molar-refractivity contribution in [3.63, 3.8) is 0 Å². The second-order valence-corrected chi connectivity index (χ2v) is 2.82. The lowest BCUT2D eigenvalue weighted by atomic mass is 10.3. The first-order chi connectivity index (χ1) is 4.33. The molecule has 0 radical (unpaired) electrons. The second kappa shape index (κ2) is 3.01. The molecule has 0 aliphatic carbocycles. The number of methoxy groups -OCH3 is 1. The predicted molar refractivity (Wildman–Crippen MR) is 40.7 cm³/mol. The molecule has 1 aliphatic rings. The zero-order valence-corrected chi connectivity index (χ0v) is 6.81. The van der Waals surface area contributed by atoms with Gasteiger partial charge in [0.25, 0.3) is 0 Å². The Balaban J connectivity index is 2.59. The molecule has 1 aliphatic heterocycles. The summed E-state index contributed by atoms with van der Waals surface area (Å²) in [7, 11) is 1.64. The van der Waals surface area contributed by atoms with Gasteiger partial charge in [-0.25, -0.2) is 4.99 Å². The molecule has 0 unspecified atom stereocenters. The number of hydrogen-bond donors (Lipinski definition) is 0. The van der Waals surface area contributed by atoms with E-state index in [0.717, 1.165) is 23.2 Å². The van der Waals surface area contributed by atoms with Crippen molar-refractivity contribution in [2.24, 2.45) is 4.99 Å². The first-order valence-corrected chi connectivity index (χ1v) is 3.57. The van der Waals surface area contributed by atoms with Gasteiger partial charge in [0, 0.05) is 17.1 Å². The fourth-order valence-electron chi connectivity index (χ4n) is 0.652. The quantitative estimate of drug-likeness (QED) is 0.572. The number of hydrogen-bond acceptors (Lipinski definition) is 2. The third-order valence-electron chi connectivity index (χ3n) is 1.16. The van der Waals surface area contributed by atoms with Crippen molar-refractivity contribution in [2.45, 2.75) is 12.8 Å². The summed E-state index contributed by atoms with van der Waals surface area (Å²) in [5.41, 5.74) is 0. The molecule has 2 nitrogen and oxygen atoms in total. The molecule has 1 heterocycles. The zero-order chi connectivity index (χ0) is 6.69. The van der Waals surface area contributed by atoms with E-state index in [-0.39, 0.29) is 0 Å². The van der Waals surface area contributed by atoms with Gasteiger partial charge in [-0.05, 0) is 6.42 Å². The first-order valence-electron chi connectivity index (χ1n) is 2.78. The van der Waals surface area contributed by atoms with Crippen molar-refractivity contribution in [3.05, 3.63) is 10.7 Å². The molecule has 50 valence electrons. The molecular weight excluding hydrogens is 182 g/mol. The Morgan fingerprint density at radius 3 is 2.89 bits per heavy atom. The van der Waals surface area contributed by atoms with Crippen molar-refractivity contribution in [3.8, 4) is 0 Å². The minimum Gasteiger partial charge on any atom is -0.484 e. The summed E-state index contributed by atoms with van der Waals surface area (Å²) in [6.07, 6.45) is 3.70. The normalized spacial score (nSPS) is 18.4. The van der Waals surface area contributed by atoms with Gasteiger partial charge in [0.1, 0.15) is 0 Å². The van der Waals surface area contributed by atoms with Crippen LogP contribution in [0.25, 0.3) is 0 Å². The number of ether oxygens (including phenoxy) is 1. The highest BCUT2D eigenvalue weighted by Crippen LogP contribution is 2.17. The van der Waals surface area contributed by atoms with Crippen LogP contribution in [0.2, 0.25) is 0 Å². The summed E-state index contributed by atoms with van der Waals surface area (Å²) in [4.78, 5) is 4.01. The van der Waals surface area contributed by atoms with Crippen LogP contribution >= 0.6 is 15.9 Å². The minimum atomic E-state index is 0.818. The standard InChI is InChI=1S/C6H8BrNO/c1-9-6-3-2-5(7)4-8-6/h4H,2-3H2,1H3. The summed E-state index contributed by atoms with van der Waals surface area (Å²) in [6, 6.07) is 0. The van der Waals surface area contributed by atoms with E-state index in [4.69, 9.17) is 4.74 Å². The van der Waals surface area contributed by atoms with E-state index < -0.39 is 0 Å². The van der Waals surface area contributed by atoms with Crippen LogP contribution < -0.4 is 0 Å². The topological polar surface area (TPSA) is 21.6 Å². The van der Waals surface area contributed by atoms with Crippen LogP contribution in [-0.2, 0) is 4.74 Å². The number of allylic oxidation sites excluding steroid dienone is 1. The maximum atomic E-state index is 4.92. The van der Waals surface area contributed by atoms with Crippen LogP contribution in [0, 0.1) is 0 Å². The van der Waals surface area contributed by atoms with Crippen molar-refractivity contribution in [1.82, 2.24) is 0 Å². The summed E-state index contributed by atoms with van der Waals surface area (Å²) in [5, 5.41) is 0. The average Bonchev–Trinajstić information content (AvgIpc) is 1.90. The maximum Gasteiger partial charge on any atom is 0.187 e. The van der Waals surface area contributed by atoms with Gasteiger partial charge in [-0.1, -0.05) is 15.9 Å². The molecule has 0 atom stereocenters. The molecule has 0 spiro atoms. The number of rotatable bonds is 0. The number of nitrogens with zero attached hydrogens (tertiary/aromatic N) is 1. The van der Waals surface area contributed by atoms with Gasteiger partial charge in [0.2, 0.25) is 0 Å². The summed E-state index contributed by atoms with van der Waals surface area (Å²) in [5.74, 6) is 0.818. The second-order valence-electron chi connectivity index (χ2n) is 1.80. The molecule has 0 amide bonds.